The Bertz CT molecular complexity index is 1060. The first-order chi connectivity index (χ1) is 17.5. The third-order valence-electron chi connectivity index (χ3n) is 7.05. The molecule has 2 aliphatic heterocycles. The van der Waals surface area contributed by atoms with Crippen LogP contribution in [0.25, 0.3) is 0 Å². The van der Waals surface area contributed by atoms with Gasteiger partial charge in [0.2, 0.25) is 6.29 Å². The number of Topliss-reactive ketones (excluding diaryl/α,β-unsaturated/α-hetero) is 1. The lowest BCUT2D eigenvalue weighted by Gasteiger charge is -2.44. The molecule has 7 N–H and O–H groups in total. The van der Waals surface area contributed by atoms with Crippen LogP contribution in [0.15, 0.2) is 30.0 Å². The summed E-state index contributed by atoms with van der Waals surface area (Å²) < 4.78 is 21.7. The quantitative estimate of drug-likeness (QED) is 0.154. The zero-order chi connectivity index (χ0) is 27.1. The Hall–Kier alpha value is -2.78. The van der Waals surface area contributed by atoms with Gasteiger partial charge < -0.3 is 54.7 Å². The molecule has 4 rings (SSSR count). The average molecular weight is 526 g/mol. The van der Waals surface area contributed by atoms with Gasteiger partial charge in [-0.3, -0.25) is 4.79 Å². The third kappa shape index (κ3) is 4.91. The standard InChI is InChI=1S/C24H30O13/c1-10-6-16(28)24(33)12(21(32)34-5-4-11-2-3-13(26)14(27)7-11)9-35-22(17(10)24)37-23-20(31)19(30)18(29)15(8-25)36-23/h2-3,7,9-10,15,17-20,22-23,25-27,29-31,33H,4-6,8H2,1H3/t10?,15-,17+,18-,19+,20-,22+,23+,24-/m1/s1. The van der Waals surface area contributed by atoms with Crippen molar-refractivity contribution in [1.29, 1.82) is 0 Å². The van der Waals surface area contributed by atoms with Crippen LogP contribution in [-0.4, -0.2) is 103 Å². The van der Waals surface area contributed by atoms with Crippen molar-refractivity contribution in [3.05, 3.63) is 35.6 Å². The number of aliphatic hydroxyl groups is 5. The maximum absolute atomic E-state index is 12.9. The topological polar surface area (TPSA) is 213 Å². The highest BCUT2D eigenvalue weighted by Gasteiger charge is 2.63. The lowest BCUT2D eigenvalue weighted by molar-refractivity contribution is -0.346. The molecule has 2 fully saturated rings. The number of aromatic hydroxyl groups is 2. The van der Waals surface area contributed by atoms with E-state index in [0.29, 0.717) is 5.56 Å². The number of fused-ring (bicyclic) bond motifs is 1. The molecule has 0 amide bonds. The minimum Gasteiger partial charge on any atom is -0.504 e. The molecule has 9 atom stereocenters. The van der Waals surface area contributed by atoms with Gasteiger partial charge in [-0.15, -0.1) is 0 Å². The lowest BCUT2D eigenvalue weighted by atomic mass is 9.78. The Balaban J connectivity index is 1.49. The Labute approximate surface area is 211 Å². The number of hydrogen-bond donors (Lipinski definition) is 7. The van der Waals surface area contributed by atoms with Gasteiger partial charge >= 0.3 is 5.97 Å². The molecule has 1 aromatic rings. The zero-order valence-corrected chi connectivity index (χ0v) is 19.8. The van der Waals surface area contributed by atoms with Crippen molar-refractivity contribution in [3.8, 4) is 11.5 Å². The molecule has 0 spiro atoms. The summed E-state index contributed by atoms with van der Waals surface area (Å²) in [6, 6.07) is 4.11. The van der Waals surface area contributed by atoms with Gasteiger partial charge in [0.15, 0.2) is 29.2 Å². The molecule has 0 aromatic heterocycles. The van der Waals surface area contributed by atoms with Gasteiger partial charge in [-0.05, 0) is 23.6 Å². The Morgan fingerprint density at radius 2 is 1.84 bits per heavy atom. The molecule has 37 heavy (non-hydrogen) atoms. The van der Waals surface area contributed by atoms with Crippen molar-refractivity contribution >= 4 is 11.8 Å². The number of phenols is 2. The van der Waals surface area contributed by atoms with Crippen LogP contribution in [0, 0.1) is 11.8 Å². The number of rotatable bonds is 7. The molecule has 13 heteroatoms. The molecule has 204 valence electrons. The van der Waals surface area contributed by atoms with Gasteiger partial charge in [-0.2, -0.15) is 0 Å². The number of carbonyl (C=O) groups excluding carboxylic acids is 2. The number of hydrogen-bond acceptors (Lipinski definition) is 13. The summed E-state index contributed by atoms with van der Waals surface area (Å²) >= 11 is 0. The van der Waals surface area contributed by atoms with Crippen molar-refractivity contribution in [3.63, 3.8) is 0 Å². The van der Waals surface area contributed by atoms with Crippen molar-refractivity contribution < 1.29 is 64.3 Å². The first-order valence-electron chi connectivity index (χ1n) is 11.7. The highest BCUT2D eigenvalue weighted by atomic mass is 16.8. The van der Waals surface area contributed by atoms with Crippen LogP contribution in [0.5, 0.6) is 11.5 Å². The third-order valence-corrected chi connectivity index (χ3v) is 7.05. The van der Waals surface area contributed by atoms with Crippen LogP contribution in [0.1, 0.15) is 18.9 Å². The number of phenolic OH excluding ortho intramolecular Hbond substituents is 2. The Morgan fingerprint density at radius 1 is 1.11 bits per heavy atom. The molecular weight excluding hydrogens is 496 g/mol. The van der Waals surface area contributed by atoms with E-state index in [1.165, 1.54) is 18.2 Å². The van der Waals surface area contributed by atoms with Crippen LogP contribution in [0.4, 0.5) is 0 Å². The summed E-state index contributed by atoms with van der Waals surface area (Å²) in [4.78, 5) is 25.7. The normalized spacial score (nSPS) is 37.5. The minimum atomic E-state index is -2.33. The molecule has 1 saturated heterocycles. The second-order valence-electron chi connectivity index (χ2n) is 9.48. The van der Waals surface area contributed by atoms with E-state index in [0.717, 1.165) is 6.26 Å². The summed E-state index contributed by atoms with van der Waals surface area (Å²) in [6.07, 6.45) is -8.39. The molecule has 2 heterocycles. The maximum Gasteiger partial charge on any atom is 0.340 e. The summed E-state index contributed by atoms with van der Waals surface area (Å²) in [5, 5.41) is 70.1. The summed E-state index contributed by atoms with van der Waals surface area (Å²) in [6.45, 7) is 0.785. The molecule has 1 unspecified atom stereocenters. The monoisotopic (exact) mass is 526 g/mol. The van der Waals surface area contributed by atoms with Crippen LogP contribution < -0.4 is 0 Å². The van der Waals surface area contributed by atoms with E-state index in [4.69, 9.17) is 18.9 Å². The van der Waals surface area contributed by atoms with Gasteiger partial charge in [0.25, 0.3) is 0 Å². The smallest absolute Gasteiger partial charge is 0.340 e. The van der Waals surface area contributed by atoms with Crippen molar-refractivity contribution in [2.75, 3.05) is 13.2 Å². The summed E-state index contributed by atoms with van der Waals surface area (Å²) in [5.74, 6) is -3.96. The number of benzene rings is 1. The fourth-order valence-electron chi connectivity index (χ4n) is 4.97. The first kappa shape index (κ1) is 27.3. The van der Waals surface area contributed by atoms with Gasteiger partial charge in [-0.1, -0.05) is 13.0 Å². The van der Waals surface area contributed by atoms with E-state index >= 15 is 0 Å². The van der Waals surface area contributed by atoms with Crippen molar-refractivity contribution in [1.82, 2.24) is 0 Å². The highest BCUT2D eigenvalue weighted by molar-refractivity contribution is 6.04. The molecule has 1 aliphatic carbocycles. The lowest BCUT2D eigenvalue weighted by Crippen LogP contribution is -2.61. The molecule has 1 saturated carbocycles. The van der Waals surface area contributed by atoms with E-state index in [9.17, 15) is 45.3 Å². The van der Waals surface area contributed by atoms with Crippen molar-refractivity contribution in [2.45, 2.75) is 62.4 Å². The van der Waals surface area contributed by atoms with Crippen LogP contribution in [0.2, 0.25) is 0 Å². The van der Waals surface area contributed by atoms with Gasteiger partial charge in [0.05, 0.1) is 19.1 Å². The molecule has 13 nitrogen and oxygen atoms in total. The predicted molar refractivity (Wildman–Crippen MR) is 119 cm³/mol. The van der Waals surface area contributed by atoms with Gasteiger partial charge in [-0.25, -0.2) is 4.79 Å². The van der Waals surface area contributed by atoms with Gasteiger partial charge in [0.1, 0.15) is 36.3 Å². The van der Waals surface area contributed by atoms with Crippen LogP contribution in [0.3, 0.4) is 0 Å². The Morgan fingerprint density at radius 3 is 2.51 bits per heavy atom. The molecule has 0 bridgehead atoms. The second-order valence-corrected chi connectivity index (χ2v) is 9.48. The van der Waals surface area contributed by atoms with Crippen LogP contribution in [-0.2, 0) is 35.0 Å². The van der Waals surface area contributed by atoms with Crippen LogP contribution >= 0.6 is 0 Å². The molecular formula is C24H30O13. The largest absolute Gasteiger partial charge is 0.504 e. The number of aliphatic hydroxyl groups excluding tert-OH is 4. The van der Waals surface area contributed by atoms with E-state index in [2.05, 4.69) is 0 Å². The molecule has 1 aromatic carbocycles. The SMILES string of the molecule is CC1CC(=O)[C@]2(O)C(C(=O)OCCc3ccc(O)c(O)c3)=CO[C@@H](O[C@@H]3O[C@H](CO)[C@@H](O)[C@H](O)[C@H]3O)[C@H]12. The zero-order valence-electron chi connectivity index (χ0n) is 19.8. The predicted octanol–water partition coefficient (Wildman–Crippen LogP) is -1.80. The molecule has 0 radical (unpaired) electrons. The second kappa shape index (κ2) is 10.5. The number of carbonyl (C=O) groups is 2. The highest BCUT2D eigenvalue weighted by Crippen LogP contribution is 2.48. The number of ketones is 1. The van der Waals surface area contributed by atoms with Gasteiger partial charge in [0, 0.05) is 12.8 Å². The van der Waals surface area contributed by atoms with E-state index in [-0.39, 0.29) is 30.9 Å². The van der Waals surface area contributed by atoms with Crippen molar-refractivity contribution in [2.24, 2.45) is 11.8 Å². The Kier molecular flexibility index (Phi) is 7.76. The minimum absolute atomic E-state index is 0.115. The molecule has 3 aliphatic rings. The van der Waals surface area contributed by atoms with E-state index < -0.39 is 78.4 Å². The van der Waals surface area contributed by atoms with E-state index in [1.54, 1.807) is 6.92 Å². The number of ether oxygens (including phenoxy) is 4. The first-order valence-corrected chi connectivity index (χ1v) is 11.7. The maximum atomic E-state index is 12.9. The number of esters is 1. The summed E-state index contributed by atoms with van der Waals surface area (Å²) in [7, 11) is 0. The fourth-order valence-corrected chi connectivity index (χ4v) is 4.97. The average Bonchev–Trinajstić information content (AvgIpc) is 3.10. The fraction of sp³-hybridized carbons (Fsp3) is 0.583. The summed E-state index contributed by atoms with van der Waals surface area (Å²) in [5.41, 5.74) is -2.20. The van der Waals surface area contributed by atoms with E-state index in [1.807, 2.05) is 0 Å².